The first-order valence-electron chi connectivity index (χ1n) is 6.34. The van der Waals surface area contributed by atoms with E-state index in [-0.39, 0.29) is 5.91 Å². The topological polar surface area (TPSA) is 46.6 Å². The Hall–Kier alpha value is -2.27. The van der Waals surface area contributed by atoms with Gasteiger partial charge in [-0.05, 0) is 36.2 Å². The van der Waals surface area contributed by atoms with Crippen LogP contribution in [0.2, 0.25) is 0 Å². The van der Waals surface area contributed by atoms with Crippen molar-refractivity contribution in [1.82, 2.24) is 0 Å². The highest BCUT2D eigenvalue weighted by molar-refractivity contribution is 8.01. The number of rotatable bonds is 4. The van der Waals surface area contributed by atoms with Crippen molar-refractivity contribution < 1.29 is 14.3 Å². The Morgan fingerprint density at radius 2 is 1.62 bits per heavy atom. The molecule has 0 unspecified atom stereocenters. The van der Waals surface area contributed by atoms with E-state index < -0.39 is 5.97 Å². The molecule has 2 aromatic rings. The fraction of sp³-hybridized carbons (Fsp3) is 0.125. The fourth-order valence-electron chi connectivity index (χ4n) is 1.79. The van der Waals surface area contributed by atoms with Crippen LogP contribution >= 0.6 is 11.9 Å². The molecule has 0 saturated carbocycles. The molecule has 21 heavy (non-hydrogen) atoms. The van der Waals surface area contributed by atoms with Gasteiger partial charge in [0.1, 0.15) is 0 Å². The van der Waals surface area contributed by atoms with Crippen molar-refractivity contribution in [3.63, 3.8) is 0 Å². The van der Waals surface area contributed by atoms with Crippen LogP contribution in [0.5, 0.6) is 0 Å². The van der Waals surface area contributed by atoms with Gasteiger partial charge < -0.3 is 4.74 Å². The van der Waals surface area contributed by atoms with Crippen molar-refractivity contribution in [3.8, 4) is 0 Å². The van der Waals surface area contributed by atoms with E-state index in [4.69, 9.17) is 4.74 Å². The van der Waals surface area contributed by atoms with Crippen LogP contribution in [0.15, 0.2) is 59.5 Å². The summed E-state index contributed by atoms with van der Waals surface area (Å²) in [7, 11) is 1.34. The van der Waals surface area contributed by atoms with Gasteiger partial charge in [-0.3, -0.25) is 4.79 Å². The van der Waals surface area contributed by atoms with Gasteiger partial charge in [0.05, 0.1) is 18.4 Å². The zero-order chi connectivity index (χ0) is 15.2. The smallest absolute Gasteiger partial charge is 0.339 e. The second kappa shape index (κ2) is 6.95. The first kappa shape index (κ1) is 15.1. The number of hydrogen-bond donors (Lipinski definition) is 0. The standard InChI is InChI=1S/C16H15NO3S/c1-12(18)17(13-8-4-3-5-9-13)21-15-11-7-6-10-14(15)16(19)20-2/h3-11H,1-2H3. The Kier molecular flexibility index (Phi) is 5.00. The third-order valence-corrected chi connectivity index (χ3v) is 3.96. The molecule has 108 valence electrons. The summed E-state index contributed by atoms with van der Waals surface area (Å²) in [6.07, 6.45) is 0. The molecule has 0 radical (unpaired) electrons. The summed E-state index contributed by atoms with van der Waals surface area (Å²) in [5.41, 5.74) is 1.20. The molecule has 4 nitrogen and oxygen atoms in total. The van der Waals surface area contributed by atoms with E-state index in [9.17, 15) is 9.59 Å². The zero-order valence-corrected chi connectivity index (χ0v) is 12.6. The zero-order valence-electron chi connectivity index (χ0n) is 11.8. The minimum atomic E-state index is -0.422. The molecule has 2 aromatic carbocycles. The van der Waals surface area contributed by atoms with Crippen LogP contribution in [0, 0.1) is 0 Å². The largest absolute Gasteiger partial charge is 0.465 e. The highest BCUT2D eigenvalue weighted by atomic mass is 32.2. The molecule has 0 aliphatic heterocycles. The summed E-state index contributed by atoms with van der Waals surface area (Å²) < 4.78 is 6.31. The molecular formula is C16H15NO3S. The van der Waals surface area contributed by atoms with E-state index in [0.29, 0.717) is 10.5 Å². The van der Waals surface area contributed by atoms with E-state index in [0.717, 1.165) is 5.69 Å². The molecule has 0 bridgehead atoms. The number of ether oxygens (including phenoxy) is 1. The monoisotopic (exact) mass is 301 g/mol. The number of para-hydroxylation sites is 1. The lowest BCUT2D eigenvalue weighted by Crippen LogP contribution is -2.20. The molecule has 0 N–H and O–H groups in total. The van der Waals surface area contributed by atoms with Gasteiger partial charge in [-0.2, -0.15) is 0 Å². The number of methoxy groups -OCH3 is 1. The van der Waals surface area contributed by atoms with E-state index in [1.165, 1.54) is 26.0 Å². The van der Waals surface area contributed by atoms with Crippen LogP contribution in [0.3, 0.4) is 0 Å². The predicted octanol–water partition coefficient (Wildman–Crippen LogP) is 3.53. The number of amides is 1. The SMILES string of the molecule is COC(=O)c1ccccc1SN(C(C)=O)c1ccccc1. The highest BCUT2D eigenvalue weighted by Crippen LogP contribution is 2.31. The lowest BCUT2D eigenvalue weighted by atomic mass is 10.2. The van der Waals surface area contributed by atoms with Crippen molar-refractivity contribution in [2.75, 3.05) is 11.4 Å². The summed E-state index contributed by atoms with van der Waals surface area (Å²) in [6.45, 7) is 1.49. The molecule has 0 aliphatic rings. The van der Waals surface area contributed by atoms with Crippen molar-refractivity contribution in [1.29, 1.82) is 0 Å². The Bertz CT molecular complexity index is 643. The van der Waals surface area contributed by atoms with Gasteiger partial charge in [0.25, 0.3) is 0 Å². The average Bonchev–Trinajstić information content (AvgIpc) is 2.52. The van der Waals surface area contributed by atoms with Crippen LogP contribution in [0.25, 0.3) is 0 Å². The molecule has 5 heteroatoms. The fourth-order valence-corrected chi connectivity index (χ4v) is 2.73. The van der Waals surface area contributed by atoms with Gasteiger partial charge in [-0.25, -0.2) is 9.10 Å². The summed E-state index contributed by atoms with van der Waals surface area (Å²) >= 11 is 1.20. The van der Waals surface area contributed by atoms with Crippen molar-refractivity contribution in [2.45, 2.75) is 11.8 Å². The van der Waals surface area contributed by atoms with E-state index in [1.54, 1.807) is 22.5 Å². The quantitative estimate of drug-likeness (QED) is 0.640. The van der Waals surface area contributed by atoms with Crippen molar-refractivity contribution in [2.24, 2.45) is 0 Å². The van der Waals surface area contributed by atoms with Crippen LogP contribution in [0.1, 0.15) is 17.3 Å². The van der Waals surface area contributed by atoms with Gasteiger partial charge >= 0.3 is 5.97 Å². The molecule has 0 aromatic heterocycles. The second-order valence-corrected chi connectivity index (χ2v) is 5.22. The Labute approximate surface area is 127 Å². The van der Waals surface area contributed by atoms with Crippen LogP contribution in [-0.2, 0) is 9.53 Å². The number of carbonyl (C=O) groups is 2. The molecular weight excluding hydrogens is 286 g/mol. The maximum absolute atomic E-state index is 11.9. The second-order valence-electron chi connectivity index (χ2n) is 4.23. The Morgan fingerprint density at radius 3 is 2.24 bits per heavy atom. The number of benzene rings is 2. The summed E-state index contributed by atoms with van der Waals surface area (Å²) in [4.78, 5) is 24.3. The first-order chi connectivity index (χ1) is 10.1. The number of anilines is 1. The van der Waals surface area contributed by atoms with E-state index >= 15 is 0 Å². The highest BCUT2D eigenvalue weighted by Gasteiger charge is 2.18. The van der Waals surface area contributed by atoms with Crippen LogP contribution in [-0.4, -0.2) is 19.0 Å². The first-order valence-corrected chi connectivity index (χ1v) is 7.12. The Morgan fingerprint density at radius 1 is 1.00 bits per heavy atom. The van der Waals surface area contributed by atoms with Crippen LogP contribution < -0.4 is 4.31 Å². The van der Waals surface area contributed by atoms with Crippen molar-refractivity contribution in [3.05, 3.63) is 60.2 Å². The van der Waals surface area contributed by atoms with E-state index in [2.05, 4.69) is 0 Å². The van der Waals surface area contributed by atoms with Gasteiger partial charge in [0.15, 0.2) is 0 Å². The summed E-state index contributed by atoms with van der Waals surface area (Å²) in [6, 6.07) is 16.3. The van der Waals surface area contributed by atoms with Gasteiger partial charge in [0.2, 0.25) is 5.91 Å². The third kappa shape index (κ3) is 3.64. The lowest BCUT2D eigenvalue weighted by molar-refractivity contribution is -0.115. The minimum absolute atomic E-state index is 0.120. The maximum atomic E-state index is 11.9. The lowest BCUT2D eigenvalue weighted by Gasteiger charge is -2.20. The molecule has 0 fully saturated rings. The minimum Gasteiger partial charge on any atom is -0.465 e. The van der Waals surface area contributed by atoms with Gasteiger partial charge in [-0.15, -0.1) is 0 Å². The maximum Gasteiger partial charge on any atom is 0.339 e. The van der Waals surface area contributed by atoms with Gasteiger partial charge in [-0.1, -0.05) is 30.3 Å². The number of esters is 1. The number of hydrogen-bond acceptors (Lipinski definition) is 4. The Balaban J connectivity index is 2.35. The molecule has 0 spiro atoms. The number of carbonyl (C=O) groups excluding carboxylic acids is 2. The molecule has 0 heterocycles. The summed E-state index contributed by atoms with van der Waals surface area (Å²) in [5.74, 6) is -0.541. The molecule has 0 atom stereocenters. The van der Waals surface area contributed by atoms with Gasteiger partial charge in [0, 0.05) is 11.8 Å². The molecule has 2 rings (SSSR count). The third-order valence-electron chi connectivity index (χ3n) is 2.76. The van der Waals surface area contributed by atoms with E-state index in [1.807, 2.05) is 36.4 Å². The molecule has 0 saturated heterocycles. The van der Waals surface area contributed by atoms with Crippen molar-refractivity contribution >= 4 is 29.5 Å². The average molecular weight is 301 g/mol. The predicted molar refractivity (Wildman–Crippen MR) is 83.2 cm³/mol. The summed E-state index contributed by atoms with van der Waals surface area (Å²) in [5, 5.41) is 0. The molecule has 0 aliphatic carbocycles. The number of nitrogens with zero attached hydrogens (tertiary/aromatic N) is 1. The normalized spacial score (nSPS) is 10.0. The molecule has 1 amide bonds. The van der Waals surface area contributed by atoms with Crippen LogP contribution in [0.4, 0.5) is 5.69 Å².